The molecule has 1 amide bonds. The highest BCUT2D eigenvalue weighted by atomic mass is 35.5. The van der Waals surface area contributed by atoms with Crippen LogP contribution in [0.2, 0.25) is 10.0 Å². The van der Waals surface area contributed by atoms with Gasteiger partial charge < -0.3 is 0 Å². The van der Waals surface area contributed by atoms with E-state index in [9.17, 15) is 14.9 Å². The van der Waals surface area contributed by atoms with Gasteiger partial charge in [-0.2, -0.15) is 0 Å². The molecule has 0 atom stereocenters. The number of amides is 1. The first kappa shape index (κ1) is 22.2. The molecule has 0 saturated heterocycles. The Morgan fingerprint density at radius 3 is 2.59 bits per heavy atom. The summed E-state index contributed by atoms with van der Waals surface area (Å²) in [5.41, 5.74) is 3.50. The highest BCUT2D eigenvalue weighted by Crippen LogP contribution is 2.36. The van der Waals surface area contributed by atoms with Crippen molar-refractivity contribution in [2.24, 2.45) is 0 Å². The van der Waals surface area contributed by atoms with Crippen molar-refractivity contribution in [3.8, 4) is 11.3 Å². The number of rotatable bonds is 4. The van der Waals surface area contributed by atoms with Gasteiger partial charge in [-0.25, -0.2) is 9.97 Å². The highest BCUT2D eigenvalue weighted by molar-refractivity contribution is 7.22. The minimum atomic E-state index is -0.465. The summed E-state index contributed by atoms with van der Waals surface area (Å²) in [6.45, 7) is 1.82. The summed E-state index contributed by atoms with van der Waals surface area (Å²) in [6.07, 6.45) is 0. The van der Waals surface area contributed by atoms with Gasteiger partial charge >= 0.3 is 0 Å². The first-order valence-corrected chi connectivity index (χ1v) is 11.6. The van der Waals surface area contributed by atoms with E-state index < -0.39 is 4.92 Å². The number of nitro groups is 1. The normalized spacial score (nSPS) is 11.1. The second kappa shape index (κ2) is 8.64. The van der Waals surface area contributed by atoms with E-state index in [4.69, 9.17) is 28.2 Å². The Labute approximate surface area is 207 Å². The molecule has 0 fully saturated rings. The number of hydrogen-bond donors (Lipinski definition) is 1. The van der Waals surface area contributed by atoms with Gasteiger partial charge in [0.2, 0.25) is 0 Å². The van der Waals surface area contributed by atoms with Crippen LogP contribution in [-0.4, -0.2) is 20.8 Å². The SMILES string of the molecule is Cc1c(-c2ccc(Cl)cc2Cl)nc2ccccc2c1C(=O)Nc1nc2ccc([N+](=O)[O-])cc2s1. The zero-order valence-electron chi connectivity index (χ0n) is 17.5. The lowest BCUT2D eigenvalue weighted by molar-refractivity contribution is -0.384. The molecule has 0 bridgehead atoms. The number of non-ortho nitro benzene ring substituents is 1. The van der Waals surface area contributed by atoms with Crippen LogP contribution in [-0.2, 0) is 0 Å². The third-order valence-electron chi connectivity index (χ3n) is 5.35. The van der Waals surface area contributed by atoms with E-state index in [2.05, 4.69) is 10.3 Å². The van der Waals surface area contributed by atoms with Gasteiger partial charge in [0.05, 0.1) is 36.9 Å². The van der Waals surface area contributed by atoms with Crippen molar-refractivity contribution < 1.29 is 9.72 Å². The lowest BCUT2D eigenvalue weighted by Crippen LogP contribution is -2.15. The fourth-order valence-electron chi connectivity index (χ4n) is 3.78. The molecule has 0 saturated carbocycles. The number of benzene rings is 3. The fraction of sp³-hybridized carbons (Fsp3) is 0.0417. The van der Waals surface area contributed by atoms with Crippen LogP contribution in [0.3, 0.4) is 0 Å². The summed E-state index contributed by atoms with van der Waals surface area (Å²) in [7, 11) is 0. The number of aromatic nitrogens is 2. The predicted molar refractivity (Wildman–Crippen MR) is 136 cm³/mol. The van der Waals surface area contributed by atoms with Crippen LogP contribution in [0.1, 0.15) is 15.9 Å². The van der Waals surface area contributed by atoms with E-state index in [1.807, 2.05) is 31.2 Å². The number of anilines is 1. The molecular formula is C24H14Cl2N4O3S. The van der Waals surface area contributed by atoms with Gasteiger partial charge in [-0.3, -0.25) is 20.2 Å². The molecular weight excluding hydrogens is 495 g/mol. The van der Waals surface area contributed by atoms with Crippen molar-refractivity contribution in [3.63, 3.8) is 0 Å². The Bertz CT molecular complexity index is 1630. The fourth-order valence-corrected chi connectivity index (χ4v) is 5.18. The van der Waals surface area contributed by atoms with Crippen molar-refractivity contribution in [2.45, 2.75) is 6.92 Å². The molecule has 0 radical (unpaired) electrons. The van der Waals surface area contributed by atoms with Gasteiger partial charge in [0.1, 0.15) is 0 Å². The summed E-state index contributed by atoms with van der Waals surface area (Å²) in [6, 6.07) is 16.9. The van der Waals surface area contributed by atoms with E-state index in [1.165, 1.54) is 23.5 Å². The average molecular weight is 509 g/mol. The Kier molecular flexibility index (Phi) is 5.65. The molecule has 0 aliphatic rings. The molecule has 3 aromatic carbocycles. The zero-order chi connectivity index (χ0) is 24.0. The van der Waals surface area contributed by atoms with Crippen LogP contribution in [0.25, 0.3) is 32.4 Å². The number of halogens is 2. The number of nitro benzene ring substituents is 1. The zero-order valence-corrected chi connectivity index (χ0v) is 19.8. The molecule has 34 heavy (non-hydrogen) atoms. The second-order valence-corrected chi connectivity index (χ2v) is 9.36. The molecule has 5 aromatic rings. The van der Waals surface area contributed by atoms with Gasteiger partial charge in [-0.1, -0.05) is 52.7 Å². The van der Waals surface area contributed by atoms with Crippen LogP contribution >= 0.6 is 34.5 Å². The van der Waals surface area contributed by atoms with Crippen LogP contribution in [0, 0.1) is 17.0 Å². The Morgan fingerprint density at radius 2 is 1.82 bits per heavy atom. The Hall–Kier alpha value is -3.59. The Morgan fingerprint density at radius 1 is 1.03 bits per heavy atom. The topological polar surface area (TPSA) is 98.0 Å². The lowest BCUT2D eigenvalue weighted by Gasteiger charge is -2.15. The number of fused-ring (bicyclic) bond motifs is 2. The third-order valence-corrected chi connectivity index (χ3v) is 6.83. The number of pyridine rings is 1. The van der Waals surface area contributed by atoms with Crippen LogP contribution in [0.4, 0.5) is 10.8 Å². The molecule has 2 aromatic heterocycles. The summed E-state index contributed by atoms with van der Waals surface area (Å²) >= 11 is 13.7. The number of carbonyl (C=O) groups excluding carboxylic acids is 1. The number of thiazole rings is 1. The van der Waals surface area contributed by atoms with Crippen molar-refractivity contribution >= 4 is 72.4 Å². The molecule has 5 rings (SSSR count). The summed E-state index contributed by atoms with van der Waals surface area (Å²) < 4.78 is 0.606. The maximum Gasteiger partial charge on any atom is 0.270 e. The lowest BCUT2D eigenvalue weighted by atomic mass is 9.97. The third kappa shape index (κ3) is 3.96. The van der Waals surface area contributed by atoms with E-state index >= 15 is 0 Å². The Balaban J connectivity index is 1.61. The first-order chi connectivity index (χ1) is 16.3. The maximum absolute atomic E-state index is 13.5. The molecule has 10 heteroatoms. The molecule has 2 heterocycles. The molecule has 168 valence electrons. The quantitative estimate of drug-likeness (QED) is 0.203. The maximum atomic E-state index is 13.5. The number of carbonyl (C=O) groups is 1. The summed E-state index contributed by atoms with van der Waals surface area (Å²) in [5, 5.41) is 15.9. The van der Waals surface area contributed by atoms with Crippen molar-refractivity contribution in [1.82, 2.24) is 9.97 Å². The van der Waals surface area contributed by atoms with Gasteiger partial charge in [-0.15, -0.1) is 0 Å². The molecule has 7 nitrogen and oxygen atoms in total. The van der Waals surface area contributed by atoms with E-state index in [-0.39, 0.29) is 11.6 Å². The van der Waals surface area contributed by atoms with E-state index in [1.54, 1.807) is 24.3 Å². The molecule has 0 aliphatic carbocycles. The number of nitrogens with one attached hydrogen (secondary N) is 1. The van der Waals surface area contributed by atoms with Gasteiger partial charge in [-0.05, 0) is 42.8 Å². The van der Waals surface area contributed by atoms with Gasteiger partial charge in [0.15, 0.2) is 5.13 Å². The monoisotopic (exact) mass is 508 g/mol. The van der Waals surface area contributed by atoms with Crippen LogP contribution in [0.15, 0.2) is 60.7 Å². The predicted octanol–water partition coefficient (Wildman–Crippen LogP) is 7.29. The minimum Gasteiger partial charge on any atom is -0.298 e. The molecule has 0 aliphatic heterocycles. The standard InChI is InChI=1S/C24H14Cl2N4O3S/c1-12-21(23(31)29-24-28-19-9-7-14(30(32)33)11-20(19)34-24)16-4-2-3-5-18(16)27-22(12)15-8-6-13(25)10-17(15)26/h2-11H,1H3,(H,28,29,31). The highest BCUT2D eigenvalue weighted by Gasteiger charge is 2.21. The van der Waals surface area contributed by atoms with Crippen LogP contribution < -0.4 is 5.32 Å². The minimum absolute atomic E-state index is 0.0329. The first-order valence-electron chi connectivity index (χ1n) is 10.0. The average Bonchev–Trinajstić information content (AvgIpc) is 3.20. The summed E-state index contributed by atoms with van der Waals surface area (Å²) in [4.78, 5) is 33.3. The van der Waals surface area contributed by atoms with Crippen LogP contribution in [0.5, 0.6) is 0 Å². The molecule has 0 spiro atoms. The van der Waals surface area contributed by atoms with Crippen molar-refractivity contribution in [2.75, 3.05) is 5.32 Å². The van der Waals surface area contributed by atoms with Crippen molar-refractivity contribution in [3.05, 3.63) is 92.0 Å². The van der Waals surface area contributed by atoms with E-state index in [0.29, 0.717) is 58.7 Å². The van der Waals surface area contributed by atoms with Crippen molar-refractivity contribution in [1.29, 1.82) is 0 Å². The van der Waals surface area contributed by atoms with Gasteiger partial charge in [0, 0.05) is 28.1 Å². The smallest absolute Gasteiger partial charge is 0.270 e. The largest absolute Gasteiger partial charge is 0.298 e. The number of hydrogen-bond acceptors (Lipinski definition) is 6. The summed E-state index contributed by atoms with van der Waals surface area (Å²) in [5.74, 6) is -0.365. The molecule has 1 N–H and O–H groups in total. The van der Waals surface area contributed by atoms with E-state index in [0.717, 1.165) is 0 Å². The number of nitrogens with zero attached hydrogens (tertiary/aromatic N) is 3. The molecule has 0 unspecified atom stereocenters. The van der Waals surface area contributed by atoms with Gasteiger partial charge in [0.25, 0.3) is 11.6 Å². The number of para-hydroxylation sites is 1. The second-order valence-electron chi connectivity index (χ2n) is 7.48.